The fourth-order valence-corrected chi connectivity index (χ4v) is 1.79. The van der Waals surface area contributed by atoms with E-state index in [0.717, 1.165) is 4.57 Å². The lowest BCUT2D eigenvalue weighted by molar-refractivity contribution is -0.142. The minimum Gasteiger partial charge on any atom is -0.480 e. The summed E-state index contributed by atoms with van der Waals surface area (Å²) in [5.41, 5.74) is -0.368. The SMILES string of the molecule is O=C(Cn1cc(Br)ccc1=O)NC(CCO)C(=O)O. The smallest absolute Gasteiger partial charge is 0.326 e. The van der Waals surface area contributed by atoms with Crippen LogP contribution in [0.2, 0.25) is 0 Å². The first-order valence-electron chi connectivity index (χ1n) is 5.43. The third kappa shape index (κ3) is 4.84. The number of carbonyl (C=O) groups is 2. The minimum atomic E-state index is -1.23. The Balaban J connectivity index is 2.71. The molecule has 0 saturated carbocycles. The predicted octanol–water partition coefficient (Wildman–Crippen LogP) is -0.437. The van der Waals surface area contributed by atoms with Crippen LogP contribution < -0.4 is 10.9 Å². The molecule has 0 fully saturated rings. The standard InChI is InChI=1S/C11H13BrN2O5/c12-7-1-2-10(17)14(5-7)6-9(16)13-8(3-4-15)11(18)19/h1-2,5,8,15H,3-4,6H2,(H,13,16)(H,18,19). The van der Waals surface area contributed by atoms with Crippen LogP contribution in [0.4, 0.5) is 0 Å². The maximum absolute atomic E-state index is 11.6. The second-order valence-corrected chi connectivity index (χ2v) is 4.70. The average molecular weight is 333 g/mol. The molecule has 0 spiro atoms. The van der Waals surface area contributed by atoms with Gasteiger partial charge in [-0.05, 0) is 22.0 Å². The largest absolute Gasteiger partial charge is 0.480 e. The Kier molecular flexibility index (Phi) is 5.71. The zero-order valence-corrected chi connectivity index (χ0v) is 11.5. The average Bonchev–Trinajstić information content (AvgIpc) is 2.33. The zero-order valence-electron chi connectivity index (χ0n) is 9.88. The molecule has 1 aromatic rings. The number of carboxylic acid groups (broad SMARTS) is 1. The Labute approximate surface area is 117 Å². The quantitative estimate of drug-likeness (QED) is 0.654. The second kappa shape index (κ2) is 7.05. The number of amides is 1. The van der Waals surface area contributed by atoms with Crippen molar-refractivity contribution in [3.05, 3.63) is 33.2 Å². The van der Waals surface area contributed by atoms with Crippen molar-refractivity contribution < 1.29 is 19.8 Å². The van der Waals surface area contributed by atoms with Gasteiger partial charge in [0.05, 0.1) is 0 Å². The molecule has 104 valence electrons. The normalized spacial score (nSPS) is 11.9. The van der Waals surface area contributed by atoms with E-state index in [1.54, 1.807) is 6.07 Å². The number of aliphatic hydroxyl groups is 1. The van der Waals surface area contributed by atoms with Crippen LogP contribution in [-0.2, 0) is 16.1 Å². The molecule has 0 aliphatic rings. The molecule has 19 heavy (non-hydrogen) atoms. The number of nitrogens with zero attached hydrogens (tertiary/aromatic N) is 1. The first-order chi connectivity index (χ1) is 8.93. The number of pyridine rings is 1. The van der Waals surface area contributed by atoms with Crippen molar-refractivity contribution in [2.45, 2.75) is 19.0 Å². The van der Waals surface area contributed by atoms with Gasteiger partial charge in [-0.3, -0.25) is 9.59 Å². The molecule has 3 N–H and O–H groups in total. The van der Waals surface area contributed by atoms with Gasteiger partial charge in [-0.15, -0.1) is 0 Å². The summed E-state index contributed by atoms with van der Waals surface area (Å²) in [7, 11) is 0. The molecule has 7 nitrogen and oxygen atoms in total. The number of halogens is 1. The lowest BCUT2D eigenvalue weighted by Gasteiger charge is -2.13. The molecular formula is C11H13BrN2O5. The van der Waals surface area contributed by atoms with Crippen LogP contribution in [0, 0.1) is 0 Å². The first kappa shape index (κ1) is 15.4. The summed E-state index contributed by atoms with van der Waals surface area (Å²) in [6, 6.07) is 1.67. The minimum absolute atomic E-state index is 0.0888. The highest BCUT2D eigenvalue weighted by Gasteiger charge is 2.19. The van der Waals surface area contributed by atoms with Gasteiger partial charge in [0.1, 0.15) is 12.6 Å². The number of hydrogen-bond donors (Lipinski definition) is 3. The molecule has 1 aromatic heterocycles. The molecule has 1 amide bonds. The molecule has 0 radical (unpaired) electrons. The van der Waals surface area contributed by atoms with Crippen LogP contribution in [0.1, 0.15) is 6.42 Å². The number of nitrogens with one attached hydrogen (secondary N) is 1. The molecule has 1 rings (SSSR count). The van der Waals surface area contributed by atoms with E-state index in [1.807, 2.05) is 0 Å². The van der Waals surface area contributed by atoms with Crippen molar-refractivity contribution >= 4 is 27.8 Å². The second-order valence-electron chi connectivity index (χ2n) is 3.78. The molecule has 0 aromatic carbocycles. The summed E-state index contributed by atoms with van der Waals surface area (Å²) in [5.74, 6) is -1.84. The topological polar surface area (TPSA) is 109 Å². The molecule has 0 bridgehead atoms. The number of carboxylic acids is 1. The predicted molar refractivity (Wildman–Crippen MR) is 69.7 cm³/mol. The number of aliphatic hydroxyl groups excluding tert-OH is 1. The lowest BCUT2D eigenvalue weighted by atomic mass is 10.2. The summed E-state index contributed by atoms with van der Waals surface area (Å²) >= 11 is 3.17. The Morgan fingerprint density at radius 1 is 1.42 bits per heavy atom. The van der Waals surface area contributed by atoms with Crippen molar-refractivity contribution in [2.75, 3.05) is 6.61 Å². The van der Waals surface area contributed by atoms with Crippen molar-refractivity contribution in [2.24, 2.45) is 0 Å². The van der Waals surface area contributed by atoms with E-state index in [1.165, 1.54) is 12.3 Å². The maximum atomic E-state index is 11.6. The highest BCUT2D eigenvalue weighted by Crippen LogP contribution is 2.04. The van der Waals surface area contributed by atoms with Gasteiger partial charge >= 0.3 is 5.97 Å². The van der Waals surface area contributed by atoms with E-state index < -0.39 is 17.9 Å². The number of aliphatic carboxylic acids is 1. The summed E-state index contributed by atoms with van der Waals surface area (Å²) < 4.78 is 1.78. The van der Waals surface area contributed by atoms with Gasteiger partial charge in [-0.1, -0.05) is 0 Å². The van der Waals surface area contributed by atoms with E-state index in [4.69, 9.17) is 10.2 Å². The molecule has 0 aliphatic carbocycles. The maximum Gasteiger partial charge on any atom is 0.326 e. The number of carbonyl (C=O) groups excluding carboxylic acids is 1. The third-order valence-corrected chi connectivity index (χ3v) is 2.78. The van der Waals surface area contributed by atoms with Crippen molar-refractivity contribution in [1.29, 1.82) is 0 Å². The lowest BCUT2D eigenvalue weighted by Crippen LogP contribution is -2.43. The van der Waals surface area contributed by atoms with Gasteiger partial charge in [-0.2, -0.15) is 0 Å². The van der Waals surface area contributed by atoms with Gasteiger partial charge in [-0.25, -0.2) is 4.79 Å². The number of rotatable bonds is 6. The van der Waals surface area contributed by atoms with Gasteiger partial charge in [0.25, 0.3) is 5.56 Å². The van der Waals surface area contributed by atoms with Crippen LogP contribution in [-0.4, -0.2) is 39.3 Å². The van der Waals surface area contributed by atoms with E-state index in [9.17, 15) is 14.4 Å². The Bertz CT molecular complexity index is 528. The molecular weight excluding hydrogens is 320 g/mol. The van der Waals surface area contributed by atoms with Crippen LogP contribution in [0.15, 0.2) is 27.6 Å². The highest BCUT2D eigenvalue weighted by molar-refractivity contribution is 9.10. The van der Waals surface area contributed by atoms with Gasteiger partial charge < -0.3 is 20.1 Å². The van der Waals surface area contributed by atoms with Crippen molar-refractivity contribution in [1.82, 2.24) is 9.88 Å². The fourth-order valence-electron chi connectivity index (χ4n) is 1.41. The summed E-state index contributed by atoms with van der Waals surface area (Å²) in [4.78, 5) is 33.9. The van der Waals surface area contributed by atoms with E-state index in [2.05, 4.69) is 21.2 Å². The Morgan fingerprint density at radius 3 is 2.68 bits per heavy atom. The van der Waals surface area contributed by atoms with Crippen LogP contribution >= 0.6 is 15.9 Å². The fraction of sp³-hybridized carbons (Fsp3) is 0.364. The summed E-state index contributed by atoms with van der Waals surface area (Å²) in [6.07, 6.45) is 1.35. The zero-order chi connectivity index (χ0) is 14.4. The molecule has 1 unspecified atom stereocenters. The Hall–Kier alpha value is -1.67. The highest BCUT2D eigenvalue weighted by atomic mass is 79.9. The molecule has 1 heterocycles. The van der Waals surface area contributed by atoms with E-state index in [-0.39, 0.29) is 25.1 Å². The molecule has 1 atom stereocenters. The van der Waals surface area contributed by atoms with Crippen LogP contribution in [0.5, 0.6) is 0 Å². The molecule has 0 aliphatic heterocycles. The van der Waals surface area contributed by atoms with E-state index in [0.29, 0.717) is 4.47 Å². The first-order valence-corrected chi connectivity index (χ1v) is 6.22. The monoisotopic (exact) mass is 332 g/mol. The van der Waals surface area contributed by atoms with Crippen molar-refractivity contribution in [3.63, 3.8) is 0 Å². The van der Waals surface area contributed by atoms with Crippen LogP contribution in [0.25, 0.3) is 0 Å². The Morgan fingerprint density at radius 2 is 2.11 bits per heavy atom. The van der Waals surface area contributed by atoms with Crippen molar-refractivity contribution in [3.8, 4) is 0 Å². The number of hydrogen-bond acceptors (Lipinski definition) is 4. The summed E-state index contributed by atoms with van der Waals surface area (Å²) in [5, 5.41) is 19.7. The van der Waals surface area contributed by atoms with Gasteiger partial charge in [0.15, 0.2) is 0 Å². The third-order valence-electron chi connectivity index (χ3n) is 2.31. The summed E-state index contributed by atoms with van der Waals surface area (Å²) in [6.45, 7) is -0.637. The number of aromatic nitrogens is 1. The van der Waals surface area contributed by atoms with Crippen LogP contribution in [0.3, 0.4) is 0 Å². The molecule has 8 heteroatoms. The van der Waals surface area contributed by atoms with E-state index >= 15 is 0 Å². The van der Waals surface area contributed by atoms with Gasteiger partial charge in [0, 0.05) is 29.8 Å². The molecule has 0 saturated heterocycles. The van der Waals surface area contributed by atoms with Gasteiger partial charge in [0.2, 0.25) is 5.91 Å².